The van der Waals surface area contributed by atoms with E-state index in [2.05, 4.69) is 5.32 Å². The zero-order valence-electron chi connectivity index (χ0n) is 9.55. The Morgan fingerprint density at radius 3 is 2.59 bits per heavy atom. The molecule has 0 spiro atoms. The van der Waals surface area contributed by atoms with E-state index in [0.717, 1.165) is 5.56 Å². The van der Waals surface area contributed by atoms with E-state index in [1.54, 1.807) is 0 Å². The van der Waals surface area contributed by atoms with Crippen LogP contribution in [-0.2, 0) is 22.4 Å². The summed E-state index contributed by atoms with van der Waals surface area (Å²) in [7, 11) is 0. The molecule has 5 nitrogen and oxygen atoms in total. The first-order valence-electron chi connectivity index (χ1n) is 4.69. The molecule has 0 aromatic heterocycles. The molecule has 1 amide bonds. The van der Waals surface area contributed by atoms with E-state index in [4.69, 9.17) is 4.74 Å². The minimum Gasteiger partial charge on any atom is -0.772 e. The van der Waals surface area contributed by atoms with Crippen LogP contribution in [0.25, 0.3) is 0 Å². The molecule has 1 N–H and O–H groups in total. The zero-order valence-corrected chi connectivity index (χ0v) is 12.4. The van der Waals surface area contributed by atoms with E-state index in [0.29, 0.717) is 0 Å². The summed E-state index contributed by atoms with van der Waals surface area (Å²) in [4.78, 5) is 11.1. The molecule has 0 saturated heterocycles. The maximum Gasteiger partial charge on any atom is 1.00 e. The van der Waals surface area contributed by atoms with Crippen LogP contribution in [0, 0.1) is 0 Å². The SMILES string of the molecule is O=C(NCCS(=O)[O-])OCc1ccccc1.[Na+]. The average Bonchev–Trinajstić information content (AvgIpc) is 2.27. The number of benzene rings is 1. The minimum absolute atomic E-state index is 0. The molecule has 0 saturated carbocycles. The van der Waals surface area contributed by atoms with Crippen LogP contribution in [0.15, 0.2) is 30.3 Å². The topological polar surface area (TPSA) is 78.5 Å². The smallest absolute Gasteiger partial charge is 0.772 e. The van der Waals surface area contributed by atoms with Gasteiger partial charge in [-0.1, -0.05) is 41.4 Å². The maximum absolute atomic E-state index is 11.1. The molecule has 0 radical (unpaired) electrons. The summed E-state index contributed by atoms with van der Waals surface area (Å²) in [6.45, 7) is 0.233. The van der Waals surface area contributed by atoms with E-state index in [1.807, 2.05) is 30.3 Å². The molecule has 0 aliphatic rings. The first-order valence-corrected chi connectivity index (χ1v) is 5.93. The van der Waals surface area contributed by atoms with Gasteiger partial charge in [-0.25, -0.2) is 4.79 Å². The fraction of sp³-hybridized carbons (Fsp3) is 0.300. The molecule has 1 rings (SSSR count). The van der Waals surface area contributed by atoms with E-state index in [1.165, 1.54) is 0 Å². The molecule has 0 aliphatic heterocycles. The first kappa shape index (κ1) is 16.6. The van der Waals surface area contributed by atoms with Crippen LogP contribution in [-0.4, -0.2) is 27.2 Å². The van der Waals surface area contributed by atoms with Gasteiger partial charge in [0.05, 0.1) is 0 Å². The summed E-state index contributed by atoms with van der Waals surface area (Å²) in [6.07, 6.45) is -0.616. The second kappa shape index (κ2) is 9.61. The predicted molar refractivity (Wildman–Crippen MR) is 58.4 cm³/mol. The molecule has 0 bridgehead atoms. The van der Waals surface area contributed by atoms with Crippen molar-refractivity contribution in [3.63, 3.8) is 0 Å². The molecule has 0 fully saturated rings. The van der Waals surface area contributed by atoms with Gasteiger partial charge < -0.3 is 14.6 Å². The maximum atomic E-state index is 11.1. The molecule has 17 heavy (non-hydrogen) atoms. The summed E-state index contributed by atoms with van der Waals surface area (Å²) in [6, 6.07) is 9.22. The fourth-order valence-corrected chi connectivity index (χ4v) is 1.28. The number of hydrogen-bond acceptors (Lipinski definition) is 4. The van der Waals surface area contributed by atoms with Gasteiger partial charge in [0, 0.05) is 12.3 Å². The Morgan fingerprint density at radius 1 is 1.35 bits per heavy atom. The van der Waals surface area contributed by atoms with E-state index >= 15 is 0 Å². The van der Waals surface area contributed by atoms with Gasteiger partial charge in [0.15, 0.2) is 0 Å². The molecular formula is C10H12NNaO4S. The fourth-order valence-electron chi connectivity index (χ4n) is 1.01. The van der Waals surface area contributed by atoms with E-state index in [9.17, 15) is 13.6 Å². The van der Waals surface area contributed by atoms with Crippen LogP contribution in [0.5, 0.6) is 0 Å². The van der Waals surface area contributed by atoms with Crippen molar-refractivity contribution in [1.82, 2.24) is 5.32 Å². The third-order valence-electron chi connectivity index (χ3n) is 1.75. The van der Waals surface area contributed by atoms with E-state index in [-0.39, 0.29) is 48.5 Å². The van der Waals surface area contributed by atoms with Gasteiger partial charge in [0.25, 0.3) is 0 Å². The number of amides is 1. The number of alkyl carbamates (subject to hydrolysis) is 1. The predicted octanol–water partition coefficient (Wildman–Crippen LogP) is -2.20. The summed E-state index contributed by atoms with van der Waals surface area (Å²) in [5.41, 5.74) is 0.880. The Labute approximate surface area is 125 Å². The van der Waals surface area contributed by atoms with Gasteiger partial charge in [0.1, 0.15) is 6.61 Å². The standard InChI is InChI=1S/C10H13NO4S.Na/c12-10(11-6-7-16(13)14)15-8-9-4-2-1-3-5-9;/h1-5H,6-8H2,(H,11,12)(H,13,14);/q;+1/p-1. The van der Waals surface area contributed by atoms with Crippen molar-refractivity contribution in [2.75, 3.05) is 12.3 Å². The summed E-state index contributed by atoms with van der Waals surface area (Å²) in [5, 5.41) is 2.33. The Balaban J connectivity index is 0.00000256. The number of nitrogens with one attached hydrogen (secondary N) is 1. The van der Waals surface area contributed by atoms with Crippen molar-refractivity contribution in [2.45, 2.75) is 6.61 Å². The molecule has 7 heteroatoms. The molecule has 1 atom stereocenters. The van der Waals surface area contributed by atoms with Gasteiger partial charge in [-0.2, -0.15) is 0 Å². The van der Waals surface area contributed by atoms with Gasteiger partial charge in [-0.05, 0) is 5.56 Å². The number of carbonyl (C=O) groups excluding carboxylic acids is 1. The van der Waals surface area contributed by atoms with Crippen LogP contribution >= 0.6 is 0 Å². The Bertz CT molecular complexity index is 361. The summed E-state index contributed by atoms with van der Waals surface area (Å²) in [5.74, 6) is -0.111. The Hall–Kier alpha value is -0.400. The van der Waals surface area contributed by atoms with E-state index < -0.39 is 17.2 Å². The Kier molecular flexibility index (Phi) is 9.39. The van der Waals surface area contributed by atoms with Crippen molar-refractivity contribution in [1.29, 1.82) is 0 Å². The second-order valence-electron chi connectivity index (χ2n) is 3.00. The quantitative estimate of drug-likeness (QED) is 0.484. The van der Waals surface area contributed by atoms with Crippen molar-refractivity contribution in [2.24, 2.45) is 0 Å². The summed E-state index contributed by atoms with van der Waals surface area (Å²) < 4.78 is 25.2. The van der Waals surface area contributed by atoms with Crippen LogP contribution in [0.1, 0.15) is 5.56 Å². The minimum atomic E-state index is -2.14. The molecular weight excluding hydrogens is 253 g/mol. The van der Waals surface area contributed by atoms with Gasteiger partial charge >= 0.3 is 35.7 Å². The van der Waals surface area contributed by atoms with Gasteiger partial charge in [0.2, 0.25) is 0 Å². The van der Waals surface area contributed by atoms with Gasteiger partial charge in [-0.3, -0.25) is 4.21 Å². The second-order valence-corrected chi connectivity index (χ2v) is 4.01. The molecule has 0 aliphatic carbocycles. The normalized spacial score (nSPS) is 11.1. The molecule has 0 heterocycles. The third-order valence-corrected chi connectivity index (χ3v) is 2.29. The number of ether oxygens (including phenoxy) is 1. The van der Waals surface area contributed by atoms with Crippen molar-refractivity contribution in [3.05, 3.63) is 35.9 Å². The zero-order chi connectivity index (χ0) is 11.8. The van der Waals surface area contributed by atoms with Crippen molar-refractivity contribution < 1.29 is 47.9 Å². The number of rotatable bonds is 5. The molecule has 1 unspecified atom stereocenters. The van der Waals surface area contributed by atoms with Crippen LogP contribution in [0.2, 0.25) is 0 Å². The van der Waals surface area contributed by atoms with Crippen LogP contribution in [0.3, 0.4) is 0 Å². The largest absolute Gasteiger partial charge is 1.00 e. The van der Waals surface area contributed by atoms with Crippen LogP contribution < -0.4 is 34.9 Å². The summed E-state index contributed by atoms with van der Waals surface area (Å²) >= 11 is -2.14. The third kappa shape index (κ3) is 8.34. The molecule has 1 aromatic rings. The van der Waals surface area contributed by atoms with Crippen molar-refractivity contribution in [3.8, 4) is 0 Å². The van der Waals surface area contributed by atoms with Crippen LogP contribution in [0.4, 0.5) is 4.79 Å². The molecule has 1 aromatic carbocycles. The number of hydrogen-bond donors (Lipinski definition) is 1. The average molecular weight is 265 g/mol. The first-order chi connectivity index (χ1) is 7.68. The molecule has 88 valence electrons. The Morgan fingerprint density at radius 2 is 2.00 bits per heavy atom. The van der Waals surface area contributed by atoms with Crippen molar-refractivity contribution >= 4 is 17.2 Å². The number of carbonyl (C=O) groups is 1. The monoisotopic (exact) mass is 265 g/mol. The van der Waals surface area contributed by atoms with Gasteiger partial charge in [-0.15, -0.1) is 0 Å².